The molecule has 1 N–H and O–H groups in total. The third-order valence-corrected chi connectivity index (χ3v) is 4.50. The van der Waals surface area contributed by atoms with Gasteiger partial charge in [-0.1, -0.05) is 6.07 Å². The van der Waals surface area contributed by atoms with Gasteiger partial charge in [-0.3, -0.25) is 4.79 Å². The van der Waals surface area contributed by atoms with E-state index in [0.717, 1.165) is 48.5 Å². The minimum Gasteiger partial charge on any atom is -0.376 e. The number of H-pyrrole nitrogens is 1. The number of hydrogen-bond donors (Lipinski definition) is 1. The van der Waals surface area contributed by atoms with Gasteiger partial charge in [-0.25, -0.2) is 0 Å². The average molecular weight is 284 g/mol. The average Bonchev–Trinajstić information content (AvgIpc) is 3.03. The van der Waals surface area contributed by atoms with Crippen molar-refractivity contribution in [2.45, 2.75) is 25.4 Å². The summed E-state index contributed by atoms with van der Waals surface area (Å²) in [5, 5.41) is 1.14. The number of carbonyl (C=O) groups excluding carboxylic acids is 1. The molecule has 110 valence electrons. The van der Waals surface area contributed by atoms with Gasteiger partial charge in [0.2, 0.25) is 0 Å². The lowest BCUT2D eigenvalue weighted by molar-refractivity contribution is 0.0480. The van der Waals surface area contributed by atoms with Crippen LogP contribution in [0.15, 0.2) is 30.5 Å². The Morgan fingerprint density at radius 3 is 3.05 bits per heavy atom. The molecule has 1 saturated carbocycles. The first-order valence-corrected chi connectivity index (χ1v) is 7.77. The number of nitrogens with zero attached hydrogens (tertiary/aromatic N) is 1. The molecule has 0 radical (unpaired) electrons. The molecule has 1 amide bonds. The molecule has 1 aromatic carbocycles. The highest BCUT2D eigenvalue weighted by molar-refractivity contribution is 5.98. The zero-order chi connectivity index (χ0) is 14.2. The molecule has 2 aromatic rings. The van der Waals surface area contributed by atoms with Crippen LogP contribution in [-0.4, -0.2) is 41.6 Å². The Hall–Kier alpha value is -1.81. The van der Waals surface area contributed by atoms with Crippen LogP contribution in [0.3, 0.4) is 0 Å². The van der Waals surface area contributed by atoms with Crippen LogP contribution >= 0.6 is 0 Å². The number of aromatic amines is 1. The number of ether oxygens (including phenoxy) is 1. The van der Waals surface area contributed by atoms with Crippen LogP contribution in [0.1, 0.15) is 29.6 Å². The second kappa shape index (κ2) is 5.19. The standard InChI is InChI=1S/C17H20N2O2/c20-17(14-4-3-13-5-7-18-16(13)9-14)19-8-6-15(10-19)21-11-12-1-2-12/h3-5,7,9,12,15,18H,1-2,6,8,10-11H2. The molecule has 1 unspecified atom stereocenters. The van der Waals surface area contributed by atoms with Crippen LogP contribution in [0.5, 0.6) is 0 Å². The predicted molar refractivity (Wildman–Crippen MR) is 81.3 cm³/mol. The van der Waals surface area contributed by atoms with Gasteiger partial charge in [-0.05, 0) is 48.8 Å². The van der Waals surface area contributed by atoms with Gasteiger partial charge in [-0.2, -0.15) is 0 Å². The molecular weight excluding hydrogens is 264 g/mol. The maximum atomic E-state index is 12.6. The second-order valence-corrected chi connectivity index (χ2v) is 6.22. The zero-order valence-corrected chi connectivity index (χ0v) is 12.0. The number of aromatic nitrogens is 1. The molecule has 1 atom stereocenters. The summed E-state index contributed by atoms with van der Waals surface area (Å²) in [5.74, 6) is 0.897. The fraction of sp³-hybridized carbons (Fsp3) is 0.471. The monoisotopic (exact) mass is 284 g/mol. The molecule has 4 rings (SSSR count). The van der Waals surface area contributed by atoms with Crippen LogP contribution < -0.4 is 0 Å². The van der Waals surface area contributed by atoms with Crippen molar-refractivity contribution in [2.24, 2.45) is 5.92 Å². The van der Waals surface area contributed by atoms with Gasteiger partial charge >= 0.3 is 0 Å². The van der Waals surface area contributed by atoms with E-state index in [-0.39, 0.29) is 12.0 Å². The van der Waals surface area contributed by atoms with Gasteiger partial charge in [0, 0.05) is 37.0 Å². The molecule has 4 nitrogen and oxygen atoms in total. The molecule has 4 heteroatoms. The van der Waals surface area contributed by atoms with E-state index in [2.05, 4.69) is 4.98 Å². The lowest BCUT2D eigenvalue weighted by atomic mass is 10.1. The molecular formula is C17H20N2O2. The Labute approximate surface area is 124 Å². The van der Waals surface area contributed by atoms with Gasteiger partial charge in [0.15, 0.2) is 0 Å². The van der Waals surface area contributed by atoms with E-state index < -0.39 is 0 Å². The Balaban J connectivity index is 1.41. The molecule has 2 aliphatic rings. The predicted octanol–water partition coefficient (Wildman–Crippen LogP) is 2.81. The van der Waals surface area contributed by atoms with Crippen molar-refractivity contribution < 1.29 is 9.53 Å². The molecule has 1 aromatic heterocycles. The first-order chi connectivity index (χ1) is 10.3. The number of nitrogens with one attached hydrogen (secondary N) is 1. The van der Waals surface area contributed by atoms with Gasteiger partial charge in [0.25, 0.3) is 5.91 Å². The first kappa shape index (κ1) is 12.9. The van der Waals surface area contributed by atoms with E-state index in [1.807, 2.05) is 35.4 Å². The van der Waals surface area contributed by atoms with Crippen molar-refractivity contribution in [3.63, 3.8) is 0 Å². The number of hydrogen-bond acceptors (Lipinski definition) is 2. The summed E-state index contributed by atoms with van der Waals surface area (Å²) in [4.78, 5) is 17.6. The van der Waals surface area contributed by atoms with Crippen LogP contribution in [0.2, 0.25) is 0 Å². The van der Waals surface area contributed by atoms with Gasteiger partial charge in [0.05, 0.1) is 6.10 Å². The van der Waals surface area contributed by atoms with Crippen molar-refractivity contribution in [2.75, 3.05) is 19.7 Å². The third-order valence-electron chi connectivity index (χ3n) is 4.50. The van der Waals surface area contributed by atoms with E-state index in [1.165, 1.54) is 12.8 Å². The molecule has 1 saturated heterocycles. The summed E-state index contributed by atoms with van der Waals surface area (Å²) in [6, 6.07) is 7.87. The van der Waals surface area contributed by atoms with E-state index in [9.17, 15) is 4.79 Å². The summed E-state index contributed by atoms with van der Waals surface area (Å²) in [6.45, 7) is 2.41. The molecule has 1 aliphatic carbocycles. The number of benzene rings is 1. The molecule has 2 heterocycles. The Morgan fingerprint density at radius 1 is 1.29 bits per heavy atom. The van der Waals surface area contributed by atoms with Crippen molar-refractivity contribution >= 4 is 16.8 Å². The normalized spacial score (nSPS) is 22.1. The van der Waals surface area contributed by atoms with Crippen molar-refractivity contribution in [1.29, 1.82) is 0 Å². The van der Waals surface area contributed by atoms with Crippen LogP contribution in [0.4, 0.5) is 0 Å². The Kier molecular flexibility index (Phi) is 3.19. The Bertz CT molecular complexity index is 660. The van der Waals surface area contributed by atoms with Gasteiger partial charge in [-0.15, -0.1) is 0 Å². The first-order valence-electron chi connectivity index (χ1n) is 7.77. The lowest BCUT2D eigenvalue weighted by Crippen LogP contribution is -2.30. The minimum absolute atomic E-state index is 0.115. The summed E-state index contributed by atoms with van der Waals surface area (Å²) < 4.78 is 5.90. The SMILES string of the molecule is O=C(c1ccc2cc[nH]c2c1)N1CCC(OCC2CC2)C1. The highest BCUT2D eigenvalue weighted by Gasteiger charge is 2.29. The van der Waals surface area contributed by atoms with Gasteiger partial charge in [0.1, 0.15) is 0 Å². The number of fused-ring (bicyclic) bond motifs is 1. The van der Waals surface area contributed by atoms with Crippen molar-refractivity contribution in [3.05, 3.63) is 36.0 Å². The highest BCUT2D eigenvalue weighted by Crippen LogP contribution is 2.30. The zero-order valence-electron chi connectivity index (χ0n) is 12.0. The summed E-state index contributed by atoms with van der Waals surface area (Å²) in [5.41, 5.74) is 1.77. The van der Waals surface area contributed by atoms with Gasteiger partial charge < -0.3 is 14.6 Å². The maximum Gasteiger partial charge on any atom is 0.254 e. The molecule has 1 aliphatic heterocycles. The highest BCUT2D eigenvalue weighted by atomic mass is 16.5. The van der Waals surface area contributed by atoms with Crippen molar-refractivity contribution in [3.8, 4) is 0 Å². The summed E-state index contributed by atoms with van der Waals surface area (Å²) >= 11 is 0. The Morgan fingerprint density at radius 2 is 2.19 bits per heavy atom. The van der Waals surface area contributed by atoms with Crippen LogP contribution in [0.25, 0.3) is 10.9 Å². The smallest absolute Gasteiger partial charge is 0.254 e. The van der Waals surface area contributed by atoms with E-state index in [1.54, 1.807) is 0 Å². The molecule has 0 spiro atoms. The number of rotatable bonds is 4. The topological polar surface area (TPSA) is 45.3 Å². The number of carbonyl (C=O) groups is 1. The quantitative estimate of drug-likeness (QED) is 0.938. The maximum absolute atomic E-state index is 12.6. The largest absolute Gasteiger partial charge is 0.376 e. The number of likely N-dealkylation sites (tertiary alicyclic amines) is 1. The molecule has 21 heavy (non-hydrogen) atoms. The van der Waals surface area contributed by atoms with E-state index >= 15 is 0 Å². The lowest BCUT2D eigenvalue weighted by Gasteiger charge is -2.17. The van der Waals surface area contributed by atoms with E-state index in [0.29, 0.717) is 0 Å². The summed E-state index contributed by atoms with van der Waals surface area (Å²) in [6.07, 6.45) is 5.71. The molecule has 2 fully saturated rings. The van der Waals surface area contributed by atoms with Crippen LogP contribution in [-0.2, 0) is 4.74 Å². The molecule has 0 bridgehead atoms. The second-order valence-electron chi connectivity index (χ2n) is 6.22. The van der Waals surface area contributed by atoms with E-state index in [4.69, 9.17) is 4.74 Å². The third kappa shape index (κ3) is 2.68. The number of amides is 1. The minimum atomic E-state index is 0.115. The fourth-order valence-corrected chi connectivity index (χ4v) is 2.97. The summed E-state index contributed by atoms with van der Waals surface area (Å²) in [7, 11) is 0. The fourth-order valence-electron chi connectivity index (χ4n) is 2.97. The van der Waals surface area contributed by atoms with Crippen LogP contribution in [0, 0.1) is 5.92 Å². The van der Waals surface area contributed by atoms with Crippen molar-refractivity contribution in [1.82, 2.24) is 9.88 Å².